The first-order valence-corrected chi connectivity index (χ1v) is 10.6. The van der Waals surface area contributed by atoms with Crippen molar-refractivity contribution >= 4 is 40.0 Å². The lowest BCUT2D eigenvalue weighted by atomic mass is 10.1. The number of nitrogens with zero attached hydrogens (tertiary/aromatic N) is 2. The molecule has 9 nitrogen and oxygen atoms in total. The first-order valence-electron chi connectivity index (χ1n) is 8.78. The first kappa shape index (κ1) is 20.6. The SMILES string of the molecule is COC(=O)c1c(NC(=O)CSc2n[nH]c(=O)n2CC2CCCO2)sc(C)c1C. The topological polar surface area (TPSA) is 115 Å². The van der Waals surface area contributed by atoms with Crippen LogP contribution in [-0.4, -0.2) is 52.2 Å². The molecule has 3 rings (SSSR count). The number of anilines is 1. The molecular formula is C17H22N4O5S2. The smallest absolute Gasteiger partial charge is 0.344 e. The van der Waals surface area contributed by atoms with Gasteiger partial charge in [0, 0.05) is 11.5 Å². The minimum Gasteiger partial charge on any atom is -0.465 e. The number of ether oxygens (including phenoxy) is 2. The van der Waals surface area contributed by atoms with Gasteiger partial charge in [0.2, 0.25) is 5.91 Å². The number of hydrogen-bond acceptors (Lipinski definition) is 8. The molecule has 1 amide bonds. The normalized spacial score (nSPS) is 16.3. The van der Waals surface area contributed by atoms with E-state index < -0.39 is 5.97 Å². The molecule has 2 aromatic rings. The molecule has 2 aromatic heterocycles. The van der Waals surface area contributed by atoms with Gasteiger partial charge in [0.05, 0.1) is 31.1 Å². The molecule has 1 fully saturated rings. The Hall–Kier alpha value is -2.11. The molecule has 0 bridgehead atoms. The van der Waals surface area contributed by atoms with E-state index >= 15 is 0 Å². The third kappa shape index (κ3) is 4.47. The molecule has 28 heavy (non-hydrogen) atoms. The molecule has 1 unspecified atom stereocenters. The van der Waals surface area contributed by atoms with Crippen molar-refractivity contribution in [1.82, 2.24) is 14.8 Å². The molecular weight excluding hydrogens is 404 g/mol. The van der Waals surface area contributed by atoms with Crippen LogP contribution in [0, 0.1) is 13.8 Å². The summed E-state index contributed by atoms with van der Waals surface area (Å²) in [6, 6.07) is 0. The number of hydrogen-bond donors (Lipinski definition) is 2. The number of H-pyrrole nitrogens is 1. The van der Waals surface area contributed by atoms with Crippen LogP contribution in [0.2, 0.25) is 0 Å². The molecule has 152 valence electrons. The van der Waals surface area contributed by atoms with E-state index in [0.29, 0.717) is 28.9 Å². The fraction of sp³-hybridized carbons (Fsp3) is 0.529. The van der Waals surface area contributed by atoms with Gasteiger partial charge in [-0.15, -0.1) is 16.4 Å². The maximum Gasteiger partial charge on any atom is 0.344 e. The Morgan fingerprint density at radius 3 is 2.93 bits per heavy atom. The highest BCUT2D eigenvalue weighted by molar-refractivity contribution is 7.99. The van der Waals surface area contributed by atoms with Crippen molar-refractivity contribution in [1.29, 1.82) is 0 Å². The van der Waals surface area contributed by atoms with Crippen molar-refractivity contribution in [2.75, 3.05) is 24.8 Å². The van der Waals surface area contributed by atoms with Gasteiger partial charge in [0.15, 0.2) is 5.16 Å². The maximum atomic E-state index is 12.4. The lowest BCUT2D eigenvalue weighted by molar-refractivity contribution is -0.113. The number of aromatic amines is 1. The standard InChI is InChI=1S/C17H22N4O5S2/c1-9-10(2)28-14(13(9)15(23)25-3)18-12(22)8-27-17-20-19-16(24)21(17)7-11-5-4-6-26-11/h11H,4-8H2,1-3H3,(H,18,22)(H,19,24). The third-order valence-electron chi connectivity index (χ3n) is 4.49. The summed E-state index contributed by atoms with van der Waals surface area (Å²) in [5.41, 5.74) is 0.840. The largest absolute Gasteiger partial charge is 0.465 e. The van der Waals surface area contributed by atoms with Crippen LogP contribution >= 0.6 is 23.1 Å². The van der Waals surface area contributed by atoms with E-state index in [1.54, 1.807) is 0 Å². The highest BCUT2D eigenvalue weighted by atomic mass is 32.2. The zero-order chi connectivity index (χ0) is 20.3. The third-order valence-corrected chi connectivity index (χ3v) is 6.59. The summed E-state index contributed by atoms with van der Waals surface area (Å²) in [5, 5.41) is 10.1. The summed E-state index contributed by atoms with van der Waals surface area (Å²) < 4.78 is 11.9. The van der Waals surface area contributed by atoms with Gasteiger partial charge in [0.1, 0.15) is 5.00 Å². The molecule has 0 aromatic carbocycles. The molecule has 1 aliphatic heterocycles. The number of aromatic nitrogens is 3. The van der Waals surface area contributed by atoms with Crippen LogP contribution in [-0.2, 0) is 20.8 Å². The summed E-state index contributed by atoms with van der Waals surface area (Å²) in [4.78, 5) is 37.3. The summed E-state index contributed by atoms with van der Waals surface area (Å²) in [7, 11) is 1.31. The Labute approximate surface area is 169 Å². The van der Waals surface area contributed by atoms with Crippen molar-refractivity contribution in [2.45, 2.75) is 44.5 Å². The second-order valence-corrected chi connectivity index (χ2v) is 8.54. The number of amides is 1. The number of nitrogens with one attached hydrogen (secondary N) is 2. The predicted molar refractivity (Wildman–Crippen MR) is 106 cm³/mol. The molecule has 0 saturated carbocycles. The van der Waals surface area contributed by atoms with E-state index in [1.165, 1.54) is 23.0 Å². The van der Waals surface area contributed by atoms with Crippen molar-refractivity contribution in [2.24, 2.45) is 0 Å². The number of rotatable bonds is 7. The summed E-state index contributed by atoms with van der Waals surface area (Å²) in [6.45, 7) is 4.81. The number of carbonyl (C=O) groups excluding carboxylic acids is 2. The van der Waals surface area contributed by atoms with Crippen LogP contribution in [0.25, 0.3) is 0 Å². The Morgan fingerprint density at radius 1 is 1.46 bits per heavy atom. The summed E-state index contributed by atoms with van der Waals surface area (Å²) in [6.07, 6.45) is 1.86. The summed E-state index contributed by atoms with van der Waals surface area (Å²) >= 11 is 2.48. The summed E-state index contributed by atoms with van der Waals surface area (Å²) in [5.74, 6) is -0.732. The van der Waals surface area contributed by atoms with Gasteiger partial charge in [-0.2, -0.15) is 0 Å². The lowest BCUT2D eigenvalue weighted by Crippen LogP contribution is -2.25. The molecule has 0 spiro atoms. The molecule has 1 saturated heterocycles. The molecule has 1 atom stereocenters. The van der Waals surface area contributed by atoms with Gasteiger partial charge in [-0.3, -0.25) is 9.36 Å². The van der Waals surface area contributed by atoms with E-state index in [1.807, 2.05) is 13.8 Å². The minimum atomic E-state index is -0.484. The monoisotopic (exact) mass is 426 g/mol. The quantitative estimate of drug-likeness (QED) is 0.513. The molecule has 11 heteroatoms. The molecule has 0 radical (unpaired) electrons. The van der Waals surface area contributed by atoms with Crippen molar-refractivity contribution in [3.63, 3.8) is 0 Å². The minimum absolute atomic E-state index is 0.0110. The Bertz CT molecular complexity index is 927. The van der Waals surface area contributed by atoms with Crippen LogP contribution in [0.15, 0.2) is 9.95 Å². The average molecular weight is 427 g/mol. The van der Waals surface area contributed by atoms with E-state index in [4.69, 9.17) is 9.47 Å². The van der Waals surface area contributed by atoms with Gasteiger partial charge in [0.25, 0.3) is 0 Å². The molecule has 0 aliphatic carbocycles. The number of carbonyl (C=O) groups is 2. The van der Waals surface area contributed by atoms with Crippen molar-refractivity contribution in [3.05, 3.63) is 26.5 Å². The molecule has 2 N–H and O–H groups in total. The number of esters is 1. The Kier molecular flexibility index (Phi) is 6.57. The van der Waals surface area contributed by atoms with Gasteiger partial charge >= 0.3 is 11.7 Å². The fourth-order valence-corrected chi connectivity index (χ4v) is 4.74. The van der Waals surface area contributed by atoms with Gasteiger partial charge < -0.3 is 14.8 Å². The number of thioether (sulfide) groups is 1. The first-order chi connectivity index (χ1) is 13.4. The maximum absolute atomic E-state index is 12.4. The van der Waals surface area contributed by atoms with Crippen LogP contribution in [0.3, 0.4) is 0 Å². The highest BCUT2D eigenvalue weighted by Gasteiger charge is 2.23. The van der Waals surface area contributed by atoms with E-state index in [0.717, 1.165) is 35.0 Å². The van der Waals surface area contributed by atoms with E-state index in [2.05, 4.69) is 15.5 Å². The van der Waals surface area contributed by atoms with Crippen LogP contribution in [0.1, 0.15) is 33.6 Å². The van der Waals surface area contributed by atoms with Crippen molar-refractivity contribution < 1.29 is 19.1 Å². The van der Waals surface area contributed by atoms with Gasteiger partial charge in [-0.05, 0) is 32.3 Å². The molecule has 3 heterocycles. The number of aryl methyl sites for hydroxylation is 1. The number of thiophene rings is 1. The predicted octanol–water partition coefficient (Wildman–Crippen LogP) is 1.95. The van der Waals surface area contributed by atoms with Gasteiger partial charge in [-0.1, -0.05) is 11.8 Å². The zero-order valence-electron chi connectivity index (χ0n) is 15.9. The zero-order valence-corrected chi connectivity index (χ0v) is 17.5. The Balaban J connectivity index is 1.65. The fourth-order valence-electron chi connectivity index (χ4n) is 2.92. The van der Waals surface area contributed by atoms with Crippen LogP contribution in [0.5, 0.6) is 0 Å². The van der Waals surface area contributed by atoms with Crippen LogP contribution < -0.4 is 11.0 Å². The van der Waals surface area contributed by atoms with Crippen LogP contribution in [0.4, 0.5) is 5.00 Å². The van der Waals surface area contributed by atoms with E-state index in [-0.39, 0.29) is 23.5 Å². The second-order valence-electron chi connectivity index (χ2n) is 6.37. The average Bonchev–Trinajstić information content (AvgIpc) is 3.36. The second kappa shape index (κ2) is 8.93. The lowest BCUT2D eigenvalue weighted by Gasteiger charge is -2.11. The number of methoxy groups -OCH3 is 1. The Morgan fingerprint density at radius 2 is 2.25 bits per heavy atom. The highest BCUT2D eigenvalue weighted by Crippen LogP contribution is 2.33. The molecule has 1 aliphatic rings. The van der Waals surface area contributed by atoms with E-state index in [9.17, 15) is 14.4 Å². The van der Waals surface area contributed by atoms with Gasteiger partial charge in [-0.25, -0.2) is 14.7 Å². The van der Waals surface area contributed by atoms with Crippen molar-refractivity contribution in [3.8, 4) is 0 Å².